The van der Waals surface area contributed by atoms with Crippen LogP contribution in [-0.2, 0) is 9.53 Å². The highest BCUT2D eigenvalue weighted by molar-refractivity contribution is 6.01. The van der Waals surface area contributed by atoms with E-state index >= 15 is 0 Å². The Balaban J connectivity index is 1.99. The third-order valence-corrected chi connectivity index (χ3v) is 4.79. The van der Waals surface area contributed by atoms with Gasteiger partial charge in [0.2, 0.25) is 11.5 Å². The van der Waals surface area contributed by atoms with Gasteiger partial charge >= 0.3 is 5.97 Å². The Kier molecular flexibility index (Phi) is 8.01. The maximum Gasteiger partial charge on any atom is 0.326 e. The highest BCUT2D eigenvalue weighted by Crippen LogP contribution is 2.38. The van der Waals surface area contributed by atoms with Gasteiger partial charge < -0.3 is 24.3 Å². The van der Waals surface area contributed by atoms with Gasteiger partial charge in [0.1, 0.15) is 6.54 Å². The number of Topliss-reactive ketones (excluding diaryl/α,β-unsaturated/α-hetero) is 1. The first-order valence-electron chi connectivity index (χ1n) is 9.61. The van der Waals surface area contributed by atoms with E-state index in [1.807, 2.05) is 19.9 Å². The summed E-state index contributed by atoms with van der Waals surface area (Å²) in [4.78, 5) is 37.1. The van der Waals surface area contributed by atoms with Crippen LogP contribution in [0.5, 0.6) is 17.2 Å². The molecule has 0 heterocycles. The van der Waals surface area contributed by atoms with Crippen molar-refractivity contribution in [1.82, 2.24) is 5.32 Å². The van der Waals surface area contributed by atoms with Gasteiger partial charge in [-0.25, -0.2) is 0 Å². The quantitative estimate of drug-likeness (QED) is 0.483. The minimum absolute atomic E-state index is 0.210. The number of carbonyl (C=O) groups is 3. The van der Waals surface area contributed by atoms with Crippen molar-refractivity contribution < 1.29 is 33.3 Å². The summed E-state index contributed by atoms with van der Waals surface area (Å²) in [6, 6.07) is 8.23. The summed E-state index contributed by atoms with van der Waals surface area (Å²) in [6.07, 6.45) is -0.979. The first-order chi connectivity index (χ1) is 14.7. The summed E-state index contributed by atoms with van der Waals surface area (Å²) >= 11 is 0. The molecule has 31 heavy (non-hydrogen) atoms. The van der Waals surface area contributed by atoms with Crippen molar-refractivity contribution in [2.45, 2.75) is 26.9 Å². The van der Waals surface area contributed by atoms with E-state index in [9.17, 15) is 14.4 Å². The number of benzene rings is 2. The molecule has 1 amide bonds. The van der Waals surface area contributed by atoms with Crippen LogP contribution in [0, 0.1) is 13.8 Å². The SMILES string of the molecule is COc1cc(C(=O)NCC(=O)OC(C)C(=O)c2ccc(C)c(C)c2)cc(OC)c1OC. The third kappa shape index (κ3) is 5.75. The topological polar surface area (TPSA) is 100 Å². The Hall–Kier alpha value is -3.55. The van der Waals surface area contributed by atoms with Gasteiger partial charge in [-0.2, -0.15) is 0 Å². The van der Waals surface area contributed by atoms with E-state index in [0.29, 0.717) is 22.8 Å². The molecule has 0 aliphatic heterocycles. The lowest BCUT2D eigenvalue weighted by atomic mass is 10.0. The Bertz CT molecular complexity index is 959. The number of hydrogen-bond acceptors (Lipinski definition) is 7. The predicted octanol–water partition coefficient (Wildman–Crippen LogP) is 2.87. The molecule has 0 bridgehead atoms. The number of rotatable bonds is 9. The fourth-order valence-corrected chi connectivity index (χ4v) is 2.89. The minimum Gasteiger partial charge on any atom is -0.493 e. The molecule has 166 valence electrons. The van der Waals surface area contributed by atoms with Crippen LogP contribution in [0.4, 0.5) is 0 Å². The van der Waals surface area contributed by atoms with Crippen molar-refractivity contribution in [3.63, 3.8) is 0 Å². The van der Waals surface area contributed by atoms with Crippen LogP contribution in [0.2, 0.25) is 0 Å². The number of methoxy groups -OCH3 is 3. The summed E-state index contributed by atoms with van der Waals surface area (Å²) in [6.45, 7) is 4.95. The van der Waals surface area contributed by atoms with Crippen LogP contribution in [-0.4, -0.2) is 51.6 Å². The first-order valence-corrected chi connectivity index (χ1v) is 9.61. The van der Waals surface area contributed by atoms with Crippen molar-refractivity contribution in [3.8, 4) is 17.2 Å². The van der Waals surface area contributed by atoms with Gasteiger partial charge in [-0.05, 0) is 50.1 Å². The number of nitrogens with one attached hydrogen (secondary N) is 1. The molecular formula is C23H27NO7. The molecule has 0 aromatic heterocycles. The molecule has 8 nitrogen and oxygen atoms in total. The zero-order valence-electron chi connectivity index (χ0n) is 18.5. The van der Waals surface area contributed by atoms with Gasteiger partial charge in [0.25, 0.3) is 5.91 Å². The van der Waals surface area contributed by atoms with Crippen LogP contribution < -0.4 is 19.5 Å². The summed E-state index contributed by atoms with van der Waals surface area (Å²) in [5.41, 5.74) is 2.71. The second kappa shape index (κ2) is 10.5. The smallest absolute Gasteiger partial charge is 0.326 e. The Labute approximate surface area is 181 Å². The maximum absolute atomic E-state index is 12.5. The van der Waals surface area contributed by atoms with Gasteiger partial charge in [-0.1, -0.05) is 12.1 Å². The number of esters is 1. The number of hydrogen-bond donors (Lipinski definition) is 1. The average Bonchev–Trinajstić information content (AvgIpc) is 2.77. The number of carbonyl (C=O) groups excluding carboxylic acids is 3. The summed E-state index contributed by atoms with van der Waals surface area (Å²) in [5, 5.41) is 2.46. The van der Waals surface area contributed by atoms with Gasteiger partial charge in [0.15, 0.2) is 17.6 Å². The van der Waals surface area contributed by atoms with E-state index in [-0.39, 0.29) is 11.3 Å². The molecule has 8 heteroatoms. The average molecular weight is 429 g/mol. The van der Waals surface area contributed by atoms with Crippen molar-refractivity contribution in [2.75, 3.05) is 27.9 Å². The van der Waals surface area contributed by atoms with Crippen molar-refractivity contribution in [3.05, 3.63) is 52.6 Å². The van der Waals surface area contributed by atoms with E-state index in [4.69, 9.17) is 18.9 Å². The maximum atomic E-state index is 12.5. The van der Waals surface area contributed by atoms with Gasteiger partial charge in [-0.3, -0.25) is 14.4 Å². The molecule has 0 saturated heterocycles. The Morgan fingerprint density at radius 2 is 1.48 bits per heavy atom. The summed E-state index contributed by atoms with van der Waals surface area (Å²) in [7, 11) is 4.32. The summed E-state index contributed by atoms with van der Waals surface area (Å²) in [5.74, 6) is -0.619. The largest absolute Gasteiger partial charge is 0.493 e. The van der Waals surface area contributed by atoms with E-state index < -0.39 is 24.5 Å². The molecule has 0 spiro atoms. The van der Waals surface area contributed by atoms with Gasteiger partial charge in [-0.15, -0.1) is 0 Å². The van der Waals surface area contributed by atoms with E-state index in [2.05, 4.69) is 5.32 Å². The van der Waals surface area contributed by atoms with Gasteiger partial charge in [0, 0.05) is 11.1 Å². The zero-order valence-corrected chi connectivity index (χ0v) is 18.5. The highest BCUT2D eigenvalue weighted by Gasteiger charge is 2.21. The van der Waals surface area contributed by atoms with Crippen LogP contribution in [0.25, 0.3) is 0 Å². The second-order valence-electron chi connectivity index (χ2n) is 6.89. The number of amides is 1. The molecule has 1 N–H and O–H groups in total. The van der Waals surface area contributed by atoms with E-state index in [0.717, 1.165) is 11.1 Å². The Morgan fingerprint density at radius 3 is 2.00 bits per heavy atom. The molecule has 0 saturated carbocycles. The molecule has 0 radical (unpaired) electrons. The monoisotopic (exact) mass is 429 g/mol. The predicted molar refractivity (Wildman–Crippen MR) is 114 cm³/mol. The van der Waals surface area contributed by atoms with Crippen LogP contribution in [0.15, 0.2) is 30.3 Å². The van der Waals surface area contributed by atoms with Crippen molar-refractivity contribution in [1.29, 1.82) is 0 Å². The first kappa shape index (κ1) is 23.7. The molecule has 1 unspecified atom stereocenters. The number of ether oxygens (including phenoxy) is 4. The molecule has 2 aromatic carbocycles. The summed E-state index contributed by atoms with van der Waals surface area (Å²) < 4.78 is 20.8. The molecule has 2 rings (SSSR count). The number of ketones is 1. The Morgan fingerprint density at radius 1 is 0.871 bits per heavy atom. The van der Waals surface area contributed by atoms with Crippen LogP contribution in [0.3, 0.4) is 0 Å². The van der Waals surface area contributed by atoms with E-state index in [1.165, 1.54) is 40.4 Å². The molecular weight excluding hydrogens is 402 g/mol. The standard InChI is InChI=1S/C23H27NO7/c1-13-7-8-16(9-14(13)2)21(26)15(3)31-20(25)12-24-23(27)17-10-18(28-4)22(30-6)19(11-17)29-5/h7-11,15H,12H2,1-6H3,(H,24,27). The minimum atomic E-state index is -0.979. The third-order valence-electron chi connectivity index (χ3n) is 4.79. The molecule has 0 aliphatic carbocycles. The van der Waals surface area contributed by atoms with Crippen LogP contribution in [0.1, 0.15) is 38.8 Å². The lowest BCUT2D eigenvalue weighted by molar-refractivity contribution is -0.145. The molecule has 1 atom stereocenters. The lowest BCUT2D eigenvalue weighted by Gasteiger charge is -2.15. The number of aryl methyl sites for hydroxylation is 2. The molecule has 0 aliphatic rings. The van der Waals surface area contributed by atoms with Crippen molar-refractivity contribution in [2.24, 2.45) is 0 Å². The fourth-order valence-electron chi connectivity index (χ4n) is 2.89. The lowest BCUT2D eigenvalue weighted by Crippen LogP contribution is -2.34. The van der Waals surface area contributed by atoms with E-state index in [1.54, 1.807) is 12.1 Å². The van der Waals surface area contributed by atoms with Crippen LogP contribution >= 0.6 is 0 Å². The molecule has 2 aromatic rings. The fraction of sp³-hybridized carbons (Fsp3) is 0.348. The van der Waals surface area contributed by atoms with Crippen molar-refractivity contribution >= 4 is 17.7 Å². The second-order valence-corrected chi connectivity index (χ2v) is 6.89. The zero-order chi connectivity index (χ0) is 23.1. The molecule has 0 fully saturated rings. The normalized spacial score (nSPS) is 11.3. The highest BCUT2D eigenvalue weighted by atomic mass is 16.5. The van der Waals surface area contributed by atoms with Gasteiger partial charge in [0.05, 0.1) is 21.3 Å².